The Balaban J connectivity index is 2.75. The molecule has 3 heteroatoms. The highest BCUT2D eigenvalue weighted by atomic mass is 28.1. The molecule has 0 radical (unpaired) electrons. The second-order valence-electron chi connectivity index (χ2n) is 1.48. The van der Waals surface area contributed by atoms with E-state index in [0.717, 1.165) is 0 Å². The van der Waals surface area contributed by atoms with Crippen molar-refractivity contribution < 1.29 is 0 Å². The highest BCUT2D eigenvalue weighted by molar-refractivity contribution is 6.08. The van der Waals surface area contributed by atoms with Gasteiger partial charge in [0.05, 0.1) is 0 Å². The van der Waals surface area contributed by atoms with Gasteiger partial charge < -0.3 is 0 Å². The lowest BCUT2D eigenvalue weighted by molar-refractivity contribution is 0.617. The highest BCUT2D eigenvalue weighted by Gasteiger charge is 1.87. The number of nitrogens with one attached hydrogen (secondary N) is 1. The summed E-state index contributed by atoms with van der Waals surface area (Å²) in [5.41, 5.74) is 2.65. The molecule has 1 unspecified atom stereocenters. The topological polar surface area (TPSA) is 38.0 Å². The van der Waals surface area contributed by atoms with Crippen molar-refractivity contribution in [3.8, 4) is 0 Å². The van der Waals surface area contributed by atoms with Crippen molar-refractivity contribution in [2.24, 2.45) is 5.84 Å². The van der Waals surface area contributed by atoms with Crippen LogP contribution < -0.4 is 11.3 Å². The molecule has 0 amide bonds. The summed E-state index contributed by atoms with van der Waals surface area (Å²) < 4.78 is 0. The second-order valence-corrected chi connectivity index (χ2v) is 2.29. The first kappa shape index (κ1) is 6.14. The summed E-state index contributed by atoms with van der Waals surface area (Å²) in [4.78, 5) is 0. The zero-order valence-corrected chi connectivity index (χ0v) is 6.36. The van der Waals surface area contributed by atoms with E-state index in [1.165, 1.54) is 16.3 Å². The number of hydrazine groups is 1. The van der Waals surface area contributed by atoms with Crippen molar-refractivity contribution in [3.05, 3.63) is 0 Å². The molecule has 0 aliphatic rings. The maximum Gasteiger partial charge on any atom is 0.0151 e. The third-order valence-corrected chi connectivity index (χ3v) is 2.12. The van der Waals surface area contributed by atoms with E-state index < -0.39 is 0 Å². The Morgan fingerprint density at radius 2 is 2.50 bits per heavy atom. The van der Waals surface area contributed by atoms with Gasteiger partial charge in [0.1, 0.15) is 0 Å². The normalized spacial score (nSPS) is 15.0. The monoisotopic (exact) mass is 104 g/mol. The molecule has 0 rings (SSSR count). The van der Waals surface area contributed by atoms with Gasteiger partial charge in [0.25, 0.3) is 0 Å². The van der Waals surface area contributed by atoms with Crippen LogP contribution in [-0.2, 0) is 0 Å². The summed E-state index contributed by atoms with van der Waals surface area (Å²) in [5.74, 6) is 5.05. The standard InChI is InChI=1S/C3H12N2Si/c1-3(2-6)5-4/h3,5H,2,4H2,1,6H3. The Labute approximate surface area is 41.5 Å². The molecule has 0 aromatic heterocycles. The molecule has 0 fully saturated rings. The fourth-order valence-corrected chi connectivity index (χ4v) is 0.354. The van der Waals surface area contributed by atoms with Crippen LogP contribution in [0.25, 0.3) is 0 Å². The zero-order chi connectivity index (χ0) is 4.99. The van der Waals surface area contributed by atoms with Crippen molar-refractivity contribution in [1.82, 2.24) is 5.43 Å². The average Bonchev–Trinajstić information content (AvgIpc) is 1.65. The summed E-state index contributed by atoms with van der Waals surface area (Å²) in [6.07, 6.45) is 0. The largest absolute Gasteiger partial charge is 0.271 e. The second kappa shape index (κ2) is 3.33. The van der Waals surface area contributed by atoms with Crippen LogP contribution in [0.15, 0.2) is 0 Å². The Kier molecular flexibility index (Phi) is 3.41. The third kappa shape index (κ3) is 2.38. The van der Waals surface area contributed by atoms with Crippen LogP contribution in [0.3, 0.4) is 0 Å². The molecule has 0 aromatic rings. The van der Waals surface area contributed by atoms with Crippen LogP contribution >= 0.6 is 0 Å². The number of nitrogens with two attached hydrogens (primary N) is 1. The Bertz CT molecular complexity index is 28.0. The molecule has 0 spiro atoms. The van der Waals surface area contributed by atoms with Crippen molar-refractivity contribution in [1.29, 1.82) is 0 Å². The first-order valence-electron chi connectivity index (χ1n) is 2.27. The minimum atomic E-state index is 0.525. The smallest absolute Gasteiger partial charge is 0.0151 e. The molecule has 1 atom stereocenters. The summed E-state index contributed by atoms with van der Waals surface area (Å²) >= 11 is 0. The van der Waals surface area contributed by atoms with Crippen molar-refractivity contribution in [2.45, 2.75) is 19.0 Å². The zero-order valence-electron chi connectivity index (χ0n) is 4.36. The molecule has 0 aliphatic carbocycles. The van der Waals surface area contributed by atoms with Gasteiger partial charge in [0.2, 0.25) is 0 Å². The highest BCUT2D eigenvalue weighted by Crippen LogP contribution is 1.78. The molecule has 2 nitrogen and oxygen atoms in total. The van der Waals surface area contributed by atoms with Gasteiger partial charge in [-0.1, -0.05) is 0 Å². The van der Waals surface area contributed by atoms with Crippen LogP contribution in [0.2, 0.25) is 6.04 Å². The molecule has 0 saturated carbocycles. The van der Waals surface area contributed by atoms with Gasteiger partial charge in [0.15, 0.2) is 0 Å². The van der Waals surface area contributed by atoms with Gasteiger partial charge in [-0.2, -0.15) is 0 Å². The minimum Gasteiger partial charge on any atom is -0.271 e. The van der Waals surface area contributed by atoms with Gasteiger partial charge in [-0.05, 0) is 13.0 Å². The molecule has 0 aromatic carbocycles. The lowest BCUT2D eigenvalue weighted by atomic mass is 10.4. The van der Waals surface area contributed by atoms with E-state index in [4.69, 9.17) is 5.84 Å². The summed E-state index contributed by atoms with van der Waals surface area (Å²) in [6, 6.07) is 1.76. The minimum absolute atomic E-state index is 0.525. The van der Waals surface area contributed by atoms with Gasteiger partial charge in [-0.3, -0.25) is 11.3 Å². The maximum atomic E-state index is 5.05. The first-order valence-corrected chi connectivity index (χ1v) is 3.68. The van der Waals surface area contributed by atoms with E-state index >= 15 is 0 Å². The van der Waals surface area contributed by atoms with Crippen LogP contribution in [0.1, 0.15) is 6.92 Å². The Hall–Kier alpha value is 0.137. The molecular formula is C3H12N2Si. The van der Waals surface area contributed by atoms with E-state index in [0.29, 0.717) is 6.04 Å². The number of hydrogen-bond acceptors (Lipinski definition) is 2. The first-order chi connectivity index (χ1) is 2.81. The van der Waals surface area contributed by atoms with E-state index in [9.17, 15) is 0 Å². The van der Waals surface area contributed by atoms with Crippen molar-refractivity contribution in [3.63, 3.8) is 0 Å². The molecule has 3 N–H and O–H groups in total. The maximum absolute atomic E-state index is 5.05. The van der Waals surface area contributed by atoms with Gasteiger partial charge in [-0.25, -0.2) is 0 Å². The van der Waals surface area contributed by atoms with E-state index in [1.807, 2.05) is 0 Å². The predicted molar refractivity (Wildman–Crippen MR) is 31.5 cm³/mol. The number of rotatable bonds is 2. The predicted octanol–water partition coefficient (Wildman–Crippen LogP) is -1.38. The molecule has 6 heavy (non-hydrogen) atoms. The van der Waals surface area contributed by atoms with Crippen LogP contribution in [-0.4, -0.2) is 16.3 Å². The lowest BCUT2D eigenvalue weighted by Crippen LogP contribution is -2.31. The number of hydrogen-bond donors (Lipinski definition) is 2. The average molecular weight is 104 g/mol. The molecule has 0 heterocycles. The molecular weight excluding hydrogens is 92.1 g/mol. The van der Waals surface area contributed by atoms with Crippen molar-refractivity contribution in [2.75, 3.05) is 0 Å². The van der Waals surface area contributed by atoms with Crippen LogP contribution in [0.5, 0.6) is 0 Å². The Morgan fingerprint density at radius 3 is 2.50 bits per heavy atom. The molecule has 0 saturated heterocycles. The van der Waals surface area contributed by atoms with E-state index in [1.54, 1.807) is 0 Å². The summed E-state index contributed by atoms with van der Waals surface area (Å²) in [7, 11) is 1.24. The van der Waals surface area contributed by atoms with Crippen LogP contribution in [0, 0.1) is 0 Å². The summed E-state index contributed by atoms with van der Waals surface area (Å²) in [5, 5.41) is 0. The fourth-order valence-electron chi connectivity index (χ4n) is 0.118. The molecule has 38 valence electrons. The van der Waals surface area contributed by atoms with Gasteiger partial charge in [-0.15, -0.1) is 0 Å². The SMILES string of the molecule is CC(C[SiH3])NN. The van der Waals surface area contributed by atoms with E-state index in [2.05, 4.69) is 12.3 Å². The fraction of sp³-hybridized carbons (Fsp3) is 1.00. The quantitative estimate of drug-likeness (QED) is 0.257. The van der Waals surface area contributed by atoms with Crippen LogP contribution in [0.4, 0.5) is 0 Å². The van der Waals surface area contributed by atoms with Gasteiger partial charge in [0, 0.05) is 16.3 Å². The summed E-state index contributed by atoms with van der Waals surface area (Å²) in [6.45, 7) is 2.08. The Morgan fingerprint density at radius 1 is 2.00 bits per heavy atom. The molecule has 0 bridgehead atoms. The van der Waals surface area contributed by atoms with Gasteiger partial charge >= 0.3 is 0 Å². The van der Waals surface area contributed by atoms with E-state index in [-0.39, 0.29) is 0 Å². The lowest BCUT2D eigenvalue weighted by Gasteiger charge is -2.02. The third-order valence-electron chi connectivity index (χ3n) is 0.897. The van der Waals surface area contributed by atoms with Crippen molar-refractivity contribution >= 4 is 10.2 Å². The molecule has 0 aliphatic heterocycles.